The van der Waals surface area contributed by atoms with Crippen LogP contribution in [0.4, 0.5) is 0 Å². The van der Waals surface area contributed by atoms with Gasteiger partial charge in [0, 0.05) is 12.8 Å². The first-order valence-corrected chi connectivity index (χ1v) is 24.3. The first-order valence-electron chi connectivity index (χ1n) is 22.8. The topological polar surface area (TPSA) is 230 Å². The highest BCUT2D eigenvalue weighted by Crippen LogP contribution is 2.47. The Balaban J connectivity index is 2.53. The molecule has 0 saturated heterocycles. The molecule has 1 rings (SSSR count). The van der Waals surface area contributed by atoms with Crippen LogP contribution >= 0.6 is 7.82 Å². The highest BCUT2D eigenvalue weighted by atomic mass is 31.2. The fourth-order valence-corrected chi connectivity index (χ4v) is 7.37. The maximum Gasteiger partial charge on any atom is 0.472 e. The number of hydrogen-bond acceptors (Lipinski definition) is 13. The van der Waals surface area contributed by atoms with Gasteiger partial charge in [-0.3, -0.25) is 18.6 Å². The molecule has 62 heavy (non-hydrogen) atoms. The van der Waals surface area contributed by atoms with Crippen molar-refractivity contribution in [2.45, 2.75) is 198 Å². The van der Waals surface area contributed by atoms with Crippen molar-refractivity contribution >= 4 is 19.8 Å². The molecule has 1 saturated carbocycles. The summed E-state index contributed by atoms with van der Waals surface area (Å²) in [6.07, 6.45) is 28.7. The van der Waals surface area contributed by atoms with Crippen LogP contribution < -0.4 is 0 Å². The Kier molecular flexibility index (Phi) is 33.8. The predicted octanol–water partition coefficient (Wildman–Crippen LogP) is 7.69. The van der Waals surface area contributed by atoms with Gasteiger partial charge in [-0.1, -0.05) is 138 Å². The summed E-state index contributed by atoms with van der Waals surface area (Å²) in [5.41, 5.74) is 0. The van der Waals surface area contributed by atoms with Gasteiger partial charge in [-0.2, -0.15) is 0 Å². The van der Waals surface area contributed by atoms with Crippen LogP contribution in [0.15, 0.2) is 72.9 Å². The molecule has 0 bridgehead atoms. The summed E-state index contributed by atoms with van der Waals surface area (Å²) in [5, 5.41) is 59.9. The van der Waals surface area contributed by atoms with Gasteiger partial charge in [0.2, 0.25) is 0 Å². The number of unbranched alkanes of at least 4 members (excludes halogenated alkanes) is 12. The molecule has 14 nitrogen and oxygen atoms in total. The SMILES string of the molecule is CC/C=C\C(O)C/C=C/C=C\C/C=C\C/C=C\CCCC(=O)O[C@H](COC(=O)CCCCCCCCC/C=C\CCCCCC)COP(=O)(O)OC1[C@H](O)[C@H](O)C(O)[C@H](O)[C@H]1O. The van der Waals surface area contributed by atoms with Gasteiger partial charge in [-0.15, -0.1) is 0 Å². The Morgan fingerprint density at radius 2 is 1.11 bits per heavy atom. The maximum atomic E-state index is 12.8. The van der Waals surface area contributed by atoms with E-state index in [1.54, 1.807) is 6.08 Å². The third-order valence-electron chi connectivity index (χ3n) is 10.1. The number of carbonyl (C=O) groups excluding carboxylic acids is 2. The lowest BCUT2D eigenvalue weighted by atomic mass is 9.85. The summed E-state index contributed by atoms with van der Waals surface area (Å²) < 4.78 is 33.4. The van der Waals surface area contributed by atoms with Gasteiger partial charge in [0.1, 0.15) is 43.2 Å². The van der Waals surface area contributed by atoms with Crippen molar-refractivity contribution in [2.24, 2.45) is 0 Å². The van der Waals surface area contributed by atoms with Gasteiger partial charge in [-0.25, -0.2) is 4.57 Å². The third-order valence-corrected chi connectivity index (χ3v) is 11.1. The zero-order chi connectivity index (χ0) is 45.9. The molecule has 4 unspecified atom stereocenters. The minimum Gasteiger partial charge on any atom is -0.462 e. The number of esters is 2. The zero-order valence-electron chi connectivity index (χ0n) is 37.2. The predicted molar refractivity (Wildman–Crippen MR) is 241 cm³/mol. The van der Waals surface area contributed by atoms with Gasteiger partial charge in [-0.05, 0) is 70.6 Å². The van der Waals surface area contributed by atoms with Gasteiger partial charge < -0.3 is 45.0 Å². The van der Waals surface area contributed by atoms with Crippen molar-refractivity contribution in [2.75, 3.05) is 13.2 Å². The molecule has 0 amide bonds. The second-order valence-corrected chi connectivity index (χ2v) is 17.1. The Hall–Kier alpha value is -2.75. The lowest BCUT2D eigenvalue weighted by Crippen LogP contribution is -2.64. The summed E-state index contributed by atoms with van der Waals surface area (Å²) in [6.45, 7) is 2.98. The molecule has 0 aromatic rings. The molecular formula is C47H79O14P. The number of rotatable bonds is 36. The fourth-order valence-electron chi connectivity index (χ4n) is 6.40. The molecule has 9 atom stereocenters. The van der Waals surface area contributed by atoms with E-state index >= 15 is 0 Å². The Morgan fingerprint density at radius 1 is 0.597 bits per heavy atom. The van der Waals surface area contributed by atoms with E-state index in [-0.39, 0.29) is 12.8 Å². The van der Waals surface area contributed by atoms with E-state index in [1.807, 2.05) is 61.6 Å². The molecule has 15 heteroatoms. The molecule has 1 aliphatic rings. The van der Waals surface area contributed by atoms with E-state index in [1.165, 1.54) is 38.5 Å². The molecule has 0 heterocycles. The van der Waals surface area contributed by atoms with E-state index < -0.39 is 81.8 Å². The molecule has 356 valence electrons. The smallest absolute Gasteiger partial charge is 0.462 e. The van der Waals surface area contributed by atoms with Crippen molar-refractivity contribution in [3.8, 4) is 0 Å². The second kappa shape index (κ2) is 36.6. The Morgan fingerprint density at radius 3 is 1.76 bits per heavy atom. The summed E-state index contributed by atoms with van der Waals surface area (Å²) in [6, 6.07) is 0. The second-order valence-electron chi connectivity index (χ2n) is 15.7. The van der Waals surface area contributed by atoms with E-state index in [9.17, 15) is 49.7 Å². The number of carbonyl (C=O) groups is 2. The first-order chi connectivity index (χ1) is 29.8. The third kappa shape index (κ3) is 28.8. The summed E-state index contributed by atoms with van der Waals surface area (Å²) in [5.74, 6) is -1.20. The number of aliphatic hydroxyl groups excluding tert-OH is 6. The van der Waals surface area contributed by atoms with Crippen molar-refractivity contribution < 1.29 is 68.2 Å². The van der Waals surface area contributed by atoms with E-state index in [0.717, 1.165) is 51.4 Å². The monoisotopic (exact) mass is 899 g/mol. The van der Waals surface area contributed by atoms with E-state index in [4.69, 9.17) is 18.5 Å². The molecule has 1 aliphatic carbocycles. The van der Waals surface area contributed by atoms with Crippen LogP contribution in [-0.4, -0.2) is 110 Å². The van der Waals surface area contributed by atoms with Crippen LogP contribution in [0.1, 0.15) is 149 Å². The maximum absolute atomic E-state index is 12.8. The molecule has 0 aliphatic heterocycles. The number of phosphoric ester groups is 1. The molecule has 7 N–H and O–H groups in total. The standard InChI is InChI=1S/C47H79O14P/c1-3-5-7-8-9-10-11-12-13-14-18-21-24-27-30-34-40(49)58-36-39(37-59-62(56,57)61-47-45(54)43(52)42(51)44(53)46(47)55)60-41(50)35-31-28-25-22-19-16-15-17-20-23-26-29-33-38(48)32-6-4-2/h6,10-11,15-16,20,22-23,25-26,29,32,38-39,42-48,51-55H,3-5,7-9,12-14,17-19,21,24,27-28,30-31,33-37H2,1-2H3,(H,56,57)/b11-10-,16-15-,23-20-,25-22-,29-26+,32-6-/t38?,39-,42?,43-,44+,45-,46-,47?/m1/s1. The average molecular weight is 899 g/mol. The minimum absolute atomic E-state index is 0.00344. The lowest BCUT2D eigenvalue weighted by Gasteiger charge is -2.41. The van der Waals surface area contributed by atoms with Gasteiger partial charge in [0.05, 0.1) is 12.7 Å². The fraction of sp³-hybridized carbons (Fsp3) is 0.702. The van der Waals surface area contributed by atoms with Crippen LogP contribution in [0.25, 0.3) is 0 Å². The van der Waals surface area contributed by atoms with Crippen molar-refractivity contribution in [3.63, 3.8) is 0 Å². The van der Waals surface area contributed by atoms with Crippen LogP contribution in [-0.2, 0) is 32.7 Å². The van der Waals surface area contributed by atoms with Crippen molar-refractivity contribution in [1.82, 2.24) is 0 Å². The molecule has 0 radical (unpaired) electrons. The van der Waals surface area contributed by atoms with E-state index in [0.29, 0.717) is 32.1 Å². The highest BCUT2D eigenvalue weighted by molar-refractivity contribution is 7.47. The normalized spacial score (nSPS) is 23.0. The van der Waals surface area contributed by atoms with Crippen molar-refractivity contribution in [3.05, 3.63) is 72.9 Å². The number of hydrogen-bond donors (Lipinski definition) is 7. The lowest BCUT2D eigenvalue weighted by molar-refractivity contribution is -0.220. The number of phosphoric acid groups is 1. The van der Waals surface area contributed by atoms with Crippen LogP contribution in [0.2, 0.25) is 0 Å². The van der Waals surface area contributed by atoms with Gasteiger partial charge >= 0.3 is 19.8 Å². The van der Waals surface area contributed by atoms with Crippen LogP contribution in [0.3, 0.4) is 0 Å². The molecule has 0 spiro atoms. The molecular weight excluding hydrogens is 819 g/mol. The van der Waals surface area contributed by atoms with Crippen molar-refractivity contribution in [1.29, 1.82) is 0 Å². The number of aliphatic hydroxyl groups is 6. The molecule has 1 fully saturated rings. The Bertz CT molecular complexity index is 1380. The highest BCUT2D eigenvalue weighted by Gasteiger charge is 2.51. The largest absolute Gasteiger partial charge is 0.472 e. The quantitative estimate of drug-likeness (QED) is 0.0105. The van der Waals surface area contributed by atoms with E-state index in [2.05, 4.69) is 19.1 Å². The first kappa shape index (κ1) is 57.3. The molecule has 0 aromatic heterocycles. The number of ether oxygens (including phenoxy) is 2. The summed E-state index contributed by atoms with van der Waals surface area (Å²) >= 11 is 0. The molecule has 0 aromatic carbocycles. The Labute approximate surface area is 370 Å². The average Bonchev–Trinajstić information content (AvgIpc) is 3.25. The summed E-state index contributed by atoms with van der Waals surface area (Å²) in [4.78, 5) is 35.7. The van der Waals surface area contributed by atoms with Crippen LogP contribution in [0, 0.1) is 0 Å². The summed E-state index contributed by atoms with van der Waals surface area (Å²) in [7, 11) is -5.15. The minimum atomic E-state index is -5.15. The van der Waals surface area contributed by atoms with Gasteiger partial charge in [0.25, 0.3) is 0 Å². The zero-order valence-corrected chi connectivity index (χ0v) is 38.1. The van der Waals surface area contributed by atoms with Gasteiger partial charge in [0.15, 0.2) is 6.10 Å². The van der Waals surface area contributed by atoms with Crippen LogP contribution in [0.5, 0.6) is 0 Å². The number of allylic oxidation sites excluding steroid dienone is 10.